The number of hydrogen-bond acceptors (Lipinski definition) is 2. The molecule has 0 amide bonds. The zero-order chi connectivity index (χ0) is 14.0. The van der Waals surface area contributed by atoms with E-state index in [1.807, 2.05) is 0 Å². The van der Waals surface area contributed by atoms with Crippen molar-refractivity contribution in [2.45, 2.75) is 26.8 Å². The largest absolute Gasteiger partial charge is 0.478 e. The molecule has 19 heavy (non-hydrogen) atoms. The Morgan fingerprint density at radius 3 is 2.58 bits per heavy atom. The Labute approximate surface area is 113 Å². The van der Waals surface area contributed by atoms with Crippen molar-refractivity contribution >= 4 is 5.97 Å². The van der Waals surface area contributed by atoms with Crippen molar-refractivity contribution in [1.82, 2.24) is 4.90 Å². The van der Waals surface area contributed by atoms with Gasteiger partial charge in [0.25, 0.3) is 0 Å². The van der Waals surface area contributed by atoms with Crippen molar-refractivity contribution in [3.63, 3.8) is 0 Å². The van der Waals surface area contributed by atoms with Crippen LogP contribution in [0.1, 0.15) is 36.2 Å². The number of carbonyl (C=O) groups is 1. The zero-order valence-electron chi connectivity index (χ0n) is 11.4. The number of rotatable bonds is 3. The van der Waals surface area contributed by atoms with E-state index in [0.29, 0.717) is 23.9 Å². The standard InChI is InChI=1S/C15H20FNO2/c1-10-5-11(2)8-17(7-10)9-13-6-12(15(18)19)3-4-14(13)16/h3-4,6,10-11H,5,7-9H2,1-2H3,(H,18,19). The summed E-state index contributed by atoms with van der Waals surface area (Å²) in [5.41, 5.74) is 0.621. The Morgan fingerprint density at radius 2 is 2.00 bits per heavy atom. The summed E-state index contributed by atoms with van der Waals surface area (Å²) in [6.07, 6.45) is 1.20. The van der Waals surface area contributed by atoms with Crippen molar-refractivity contribution in [3.8, 4) is 0 Å². The summed E-state index contributed by atoms with van der Waals surface area (Å²) in [7, 11) is 0. The number of nitrogens with zero attached hydrogens (tertiary/aromatic N) is 1. The van der Waals surface area contributed by atoms with Gasteiger partial charge in [0.15, 0.2) is 0 Å². The van der Waals surface area contributed by atoms with Crippen LogP contribution in [-0.4, -0.2) is 29.1 Å². The quantitative estimate of drug-likeness (QED) is 0.913. The van der Waals surface area contributed by atoms with E-state index in [-0.39, 0.29) is 11.4 Å². The molecule has 104 valence electrons. The van der Waals surface area contributed by atoms with E-state index in [4.69, 9.17) is 5.11 Å². The number of aromatic carboxylic acids is 1. The molecule has 2 atom stereocenters. The third-order valence-corrected chi connectivity index (χ3v) is 3.63. The lowest BCUT2D eigenvalue weighted by molar-refractivity contribution is 0.0696. The molecule has 0 aliphatic carbocycles. The highest BCUT2D eigenvalue weighted by atomic mass is 19.1. The Kier molecular flexibility index (Phi) is 4.20. The highest BCUT2D eigenvalue weighted by Gasteiger charge is 2.22. The maximum Gasteiger partial charge on any atom is 0.335 e. The monoisotopic (exact) mass is 265 g/mol. The van der Waals surface area contributed by atoms with Crippen LogP contribution >= 0.6 is 0 Å². The molecule has 1 heterocycles. The minimum Gasteiger partial charge on any atom is -0.478 e. The molecule has 1 N–H and O–H groups in total. The predicted octanol–water partition coefficient (Wildman–Crippen LogP) is 3.00. The molecule has 2 unspecified atom stereocenters. The van der Waals surface area contributed by atoms with Gasteiger partial charge in [-0.15, -0.1) is 0 Å². The van der Waals surface area contributed by atoms with Gasteiger partial charge in [-0.3, -0.25) is 4.90 Å². The highest BCUT2D eigenvalue weighted by Crippen LogP contribution is 2.23. The Balaban J connectivity index is 2.13. The van der Waals surface area contributed by atoms with Crippen LogP contribution in [0.5, 0.6) is 0 Å². The van der Waals surface area contributed by atoms with Gasteiger partial charge in [-0.25, -0.2) is 9.18 Å². The topological polar surface area (TPSA) is 40.5 Å². The molecule has 1 saturated heterocycles. The molecule has 0 saturated carbocycles. The van der Waals surface area contributed by atoms with E-state index in [1.54, 1.807) is 0 Å². The van der Waals surface area contributed by atoms with Crippen LogP contribution in [0.3, 0.4) is 0 Å². The lowest BCUT2D eigenvalue weighted by atomic mass is 9.91. The van der Waals surface area contributed by atoms with E-state index in [0.717, 1.165) is 13.1 Å². The molecule has 1 fully saturated rings. The second-order valence-corrected chi connectivity index (χ2v) is 5.75. The van der Waals surface area contributed by atoms with Crippen LogP contribution in [0.15, 0.2) is 18.2 Å². The average molecular weight is 265 g/mol. The van der Waals surface area contributed by atoms with Gasteiger partial charge >= 0.3 is 5.97 Å². The SMILES string of the molecule is CC1CC(C)CN(Cc2cc(C(=O)O)ccc2F)C1. The maximum absolute atomic E-state index is 13.8. The normalized spacial score (nSPS) is 24.4. The molecule has 1 aromatic carbocycles. The molecule has 1 aliphatic rings. The first-order valence-electron chi connectivity index (χ1n) is 6.69. The van der Waals surface area contributed by atoms with Gasteiger partial charge < -0.3 is 5.11 Å². The van der Waals surface area contributed by atoms with Crippen molar-refractivity contribution in [2.24, 2.45) is 11.8 Å². The third-order valence-electron chi connectivity index (χ3n) is 3.63. The van der Waals surface area contributed by atoms with Crippen LogP contribution in [0.4, 0.5) is 4.39 Å². The predicted molar refractivity (Wildman–Crippen MR) is 71.6 cm³/mol. The first-order valence-corrected chi connectivity index (χ1v) is 6.69. The van der Waals surface area contributed by atoms with Crippen LogP contribution in [0.25, 0.3) is 0 Å². The minimum atomic E-state index is -1.01. The fraction of sp³-hybridized carbons (Fsp3) is 0.533. The average Bonchev–Trinajstić information content (AvgIpc) is 2.30. The Bertz CT molecular complexity index is 465. The van der Waals surface area contributed by atoms with E-state index in [1.165, 1.54) is 24.6 Å². The van der Waals surface area contributed by atoms with Crippen LogP contribution in [0.2, 0.25) is 0 Å². The Morgan fingerprint density at radius 1 is 1.37 bits per heavy atom. The van der Waals surface area contributed by atoms with Crippen molar-refractivity contribution in [3.05, 3.63) is 35.1 Å². The fourth-order valence-corrected chi connectivity index (χ4v) is 2.99. The summed E-state index contributed by atoms with van der Waals surface area (Å²) in [6, 6.07) is 4.00. The van der Waals surface area contributed by atoms with Crippen molar-refractivity contribution < 1.29 is 14.3 Å². The molecule has 0 bridgehead atoms. The number of piperidine rings is 1. The van der Waals surface area contributed by atoms with E-state index in [2.05, 4.69) is 18.7 Å². The number of carboxylic acid groups (broad SMARTS) is 1. The summed E-state index contributed by atoms with van der Waals surface area (Å²) in [5, 5.41) is 8.95. The lowest BCUT2D eigenvalue weighted by Crippen LogP contribution is -2.38. The number of benzene rings is 1. The van der Waals surface area contributed by atoms with Crippen LogP contribution < -0.4 is 0 Å². The fourth-order valence-electron chi connectivity index (χ4n) is 2.99. The third kappa shape index (κ3) is 3.53. The van der Waals surface area contributed by atoms with Crippen LogP contribution in [-0.2, 0) is 6.54 Å². The van der Waals surface area contributed by atoms with Gasteiger partial charge in [-0.2, -0.15) is 0 Å². The van der Waals surface area contributed by atoms with Crippen molar-refractivity contribution in [2.75, 3.05) is 13.1 Å². The minimum absolute atomic E-state index is 0.148. The number of halogens is 1. The van der Waals surface area contributed by atoms with E-state index in [9.17, 15) is 9.18 Å². The summed E-state index contributed by atoms with van der Waals surface area (Å²) in [5.74, 6) is -0.124. The molecular formula is C15H20FNO2. The molecular weight excluding hydrogens is 245 g/mol. The molecule has 4 heteroatoms. The van der Waals surface area contributed by atoms with Gasteiger partial charge in [-0.1, -0.05) is 13.8 Å². The first-order chi connectivity index (χ1) is 8.95. The smallest absolute Gasteiger partial charge is 0.335 e. The molecule has 3 nitrogen and oxygen atoms in total. The molecule has 0 radical (unpaired) electrons. The lowest BCUT2D eigenvalue weighted by Gasteiger charge is -2.35. The summed E-state index contributed by atoms with van der Waals surface area (Å²) in [4.78, 5) is 13.1. The van der Waals surface area contributed by atoms with Crippen LogP contribution in [0, 0.1) is 17.7 Å². The highest BCUT2D eigenvalue weighted by molar-refractivity contribution is 5.87. The summed E-state index contributed by atoms with van der Waals surface area (Å²) < 4.78 is 13.8. The van der Waals surface area contributed by atoms with Gasteiger partial charge in [0.05, 0.1) is 5.56 Å². The number of hydrogen-bond donors (Lipinski definition) is 1. The van der Waals surface area contributed by atoms with Gasteiger partial charge in [0, 0.05) is 25.2 Å². The maximum atomic E-state index is 13.8. The second-order valence-electron chi connectivity index (χ2n) is 5.75. The van der Waals surface area contributed by atoms with E-state index >= 15 is 0 Å². The number of carboxylic acids is 1. The second kappa shape index (κ2) is 5.70. The molecule has 2 rings (SSSR count). The molecule has 1 aromatic rings. The van der Waals surface area contributed by atoms with E-state index < -0.39 is 5.97 Å². The Hall–Kier alpha value is -1.42. The molecule has 0 aromatic heterocycles. The molecule has 1 aliphatic heterocycles. The van der Waals surface area contributed by atoms with Crippen molar-refractivity contribution in [1.29, 1.82) is 0 Å². The number of likely N-dealkylation sites (tertiary alicyclic amines) is 1. The summed E-state index contributed by atoms with van der Waals surface area (Å²) >= 11 is 0. The van der Waals surface area contributed by atoms with Gasteiger partial charge in [0.2, 0.25) is 0 Å². The zero-order valence-corrected chi connectivity index (χ0v) is 11.4. The molecule has 0 spiro atoms. The first kappa shape index (κ1) is 14.0. The summed E-state index contributed by atoms with van der Waals surface area (Å²) in [6.45, 7) is 6.78. The van der Waals surface area contributed by atoms with Gasteiger partial charge in [0.1, 0.15) is 5.82 Å². The van der Waals surface area contributed by atoms with Gasteiger partial charge in [-0.05, 0) is 36.5 Å².